The van der Waals surface area contributed by atoms with Gasteiger partial charge in [0.1, 0.15) is 28.4 Å². The van der Waals surface area contributed by atoms with Gasteiger partial charge in [-0.2, -0.15) is 0 Å². The van der Waals surface area contributed by atoms with E-state index in [0.717, 1.165) is 58.6 Å². The maximum atomic E-state index is 12.2. The summed E-state index contributed by atoms with van der Waals surface area (Å²) >= 11 is 0. The molecule has 0 bridgehead atoms. The summed E-state index contributed by atoms with van der Waals surface area (Å²) in [5.74, 6) is 2.33. The normalized spacial score (nSPS) is 11.5. The third-order valence-corrected chi connectivity index (χ3v) is 5.87. The number of carbonyl (C=O) groups is 1. The molecule has 0 atom stereocenters. The minimum absolute atomic E-state index is 0.467. The molecule has 1 aromatic heterocycles. The third kappa shape index (κ3) is 5.88. The second-order valence-electron chi connectivity index (χ2n) is 9.81. The molecule has 0 spiro atoms. The van der Waals surface area contributed by atoms with E-state index in [9.17, 15) is 4.79 Å². The van der Waals surface area contributed by atoms with Crippen LogP contribution in [0.2, 0.25) is 0 Å². The molecule has 0 N–H and O–H groups in total. The highest BCUT2D eigenvalue weighted by Gasteiger charge is 2.20. The number of hydrogen-bond acceptors (Lipinski definition) is 5. The number of rotatable bonds is 8. The summed E-state index contributed by atoms with van der Waals surface area (Å²) in [5.41, 5.74) is 4.30. The minimum atomic E-state index is -0.714. The Morgan fingerprint density at radius 2 is 1.67 bits per heavy atom. The standard InChI is InChI=1S/C30H34N2O4/c1-6-7-15-27-31-28-24(12-10-14-26(28)34-5)32(27)20-21-16-18-22(19-17-21)23-11-8-9-13-25(23)35-29(33)36-30(2,3)4/h8-14,16-19H,6-7,15,20H2,1-5H3. The number of nitrogens with zero attached hydrogens (tertiary/aromatic N) is 2. The van der Waals surface area contributed by atoms with Gasteiger partial charge < -0.3 is 18.8 Å². The lowest BCUT2D eigenvalue weighted by Crippen LogP contribution is -2.26. The Kier molecular flexibility index (Phi) is 7.63. The first-order valence-corrected chi connectivity index (χ1v) is 12.4. The number of para-hydroxylation sites is 2. The quantitative estimate of drug-likeness (QED) is 0.192. The van der Waals surface area contributed by atoms with Crippen molar-refractivity contribution in [2.45, 2.75) is 59.1 Å². The number of fused-ring (bicyclic) bond motifs is 1. The van der Waals surface area contributed by atoms with E-state index in [2.05, 4.69) is 41.8 Å². The number of benzene rings is 3. The Morgan fingerprint density at radius 1 is 0.944 bits per heavy atom. The molecule has 0 aliphatic rings. The molecule has 0 radical (unpaired) electrons. The monoisotopic (exact) mass is 486 g/mol. The van der Waals surface area contributed by atoms with Crippen LogP contribution in [-0.2, 0) is 17.7 Å². The number of unbranched alkanes of at least 4 members (excludes halogenated alkanes) is 1. The Labute approximate surface area is 212 Å². The van der Waals surface area contributed by atoms with Gasteiger partial charge in [-0.15, -0.1) is 0 Å². The molecule has 6 nitrogen and oxygen atoms in total. The highest BCUT2D eigenvalue weighted by Crippen LogP contribution is 2.32. The number of methoxy groups -OCH3 is 1. The molecule has 4 rings (SSSR count). The highest BCUT2D eigenvalue weighted by atomic mass is 16.7. The van der Waals surface area contributed by atoms with Crippen LogP contribution in [0.15, 0.2) is 66.7 Å². The molecule has 1 heterocycles. The van der Waals surface area contributed by atoms with E-state index in [-0.39, 0.29) is 0 Å². The summed E-state index contributed by atoms with van der Waals surface area (Å²) in [5, 5.41) is 0. The second kappa shape index (κ2) is 10.9. The van der Waals surface area contributed by atoms with Crippen molar-refractivity contribution in [3.05, 3.63) is 78.1 Å². The average Bonchev–Trinajstić information content (AvgIpc) is 3.19. The van der Waals surface area contributed by atoms with E-state index in [1.165, 1.54) is 0 Å². The highest BCUT2D eigenvalue weighted by molar-refractivity contribution is 5.82. The van der Waals surface area contributed by atoms with Crippen LogP contribution < -0.4 is 9.47 Å². The van der Waals surface area contributed by atoms with Gasteiger partial charge in [-0.25, -0.2) is 9.78 Å². The lowest BCUT2D eigenvalue weighted by atomic mass is 10.0. The van der Waals surface area contributed by atoms with Crippen molar-refractivity contribution >= 4 is 17.2 Å². The first-order chi connectivity index (χ1) is 17.3. The van der Waals surface area contributed by atoms with Crippen LogP contribution in [0.4, 0.5) is 4.79 Å². The van der Waals surface area contributed by atoms with Gasteiger partial charge in [-0.3, -0.25) is 0 Å². The van der Waals surface area contributed by atoms with Crippen molar-refractivity contribution in [2.24, 2.45) is 0 Å². The molecule has 4 aromatic rings. The van der Waals surface area contributed by atoms with Crippen LogP contribution >= 0.6 is 0 Å². The largest absolute Gasteiger partial charge is 0.514 e. The molecule has 6 heteroatoms. The van der Waals surface area contributed by atoms with Crippen LogP contribution in [0.5, 0.6) is 11.5 Å². The Bertz CT molecular complexity index is 1330. The Hall–Kier alpha value is -3.80. The Morgan fingerprint density at radius 3 is 2.36 bits per heavy atom. The lowest BCUT2D eigenvalue weighted by Gasteiger charge is -2.19. The number of ether oxygens (including phenoxy) is 3. The third-order valence-electron chi connectivity index (χ3n) is 5.87. The summed E-state index contributed by atoms with van der Waals surface area (Å²) in [7, 11) is 1.68. The van der Waals surface area contributed by atoms with E-state index < -0.39 is 11.8 Å². The predicted octanol–water partition coefficient (Wildman–Crippen LogP) is 7.42. The average molecular weight is 487 g/mol. The minimum Gasteiger partial charge on any atom is -0.494 e. The molecule has 36 heavy (non-hydrogen) atoms. The molecule has 0 aliphatic heterocycles. The molecule has 188 valence electrons. The lowest BCUT2D eigenvalue weighted by molar-refractivity contribution is 0.0207. The van der Waals surface area contributed by atoms with E-state index >= 15 is 0 Å². The molecule has 0 fully saturated rings. The molecule has 0 saturated carbocycles. The predicted molar refractivity (Wildman–Crippen MR) is 143 cm³/mol. The maximum absolute atomic E-state index is 12.2. The van der Waals surface area contributed by atoms with Gasteiger partial charge in [0.15, 0.2) is 0 Å². The fraction of sp³-hybridized carbons (Fsp3) is 0.333. The molecule has 0 saturated heterocycles. The van der Waals surface area contributed by atoms with Gasteiger partial charge in [-0.1, -0.05) is 61.9 Å². The number of carbonyl (C=O) groups excluding carboxylic acids is 1. The van der Waals surface area contributed by atoms with Crippen molar-refractivity contribution in [3.8, 4) is 22.6 Å². The Balaban J connectivity index is 1.60. The number of hydrogen-bond donors (Lipinski definition) is 0. The molecular formula is C30H34N2O4. The molecule has 0 unspecified atom stereocenters. The number of aryl methyl sites for hydroxylation is 1. The zero-order chi connectivity index (χ0) is 25.7. The summed E-state index contributed by atoms with van der Waals surface area (Å²) in [6.45, 7) is 8.33. The van der Waals surface area contributed by atoms with Crippen molar-refractivity contribution in [2.75, 3.05) is 7.11 Å². The van der Waals surface area contributed by atoms with E-state index in [4.69, 9.17) is 19.2 Å². The fourth-order valence-corrected chi connectivity index (χ4v) is 4.16. The number of aromatic nitrogens is 2. The topological polar surface area (TPSA) is 62.6 Å². The molecular weight excluding hydrogens is 452 g/mol. The smallest absolute Gasteiger partial charge is 0.494 e. The zero-order valence-corrected chi connectivity index (χ0v) is 21.7. The van der Waals surface area contributed by atoms with Crippen molar-refractivity contribution < 1.29 is 19.0 Å². The van der Waals surface area contributed by atoms with Gasteiger partial charge in [0, 0.05) is 18.5 Å². The van der Waals surface area contributed by atoms with Crippen LogP contribution in [-0.4, -0.2) is 28.4 Å². The molecule has 0 aliphatic carbocycles. The summed E-state index contributed by atoms with van der Waals surface area (Å²) < 4.78 is 18.7. The van der Waals surface area contributed by atoms with Gasteiger partial charge in [0.05, 0.1) is 12.6 Å². The molecule has 3 aromatic carbocycles. The summed E-state index contributed by atoms with van der Waals surface area (Å²) in [6.07, 6.45) is 2.40. The van der Waals surface area contributed by atoms with E-state index in [0.29, 0.717) is 12.3 Å². The first kappa shape index (κ1) is 25.3. The van der Waals surface area contributed by atoms with Crippen LogP contribution in [0.25, 0.3) is 22.2 Å². The van der Waals surface area contributed by atoms with Crippen molar-refractivity contribution in [1.82, 2.24) is 9.55 Å². The fourth-order valence-electron chi connectivity index (χ4n) is 4.16. The maximum Gasteiger partial charge on any atom is 0.514 e. The summed E-state index contributed by atoms with van der Waals surface area (Å²) in [6, 6.07) is 21.9. The SMILES string of the molecule is CCCCc1nc2c(OC)cccc2n1Cc1ccc(-c2ccccc2OC(=O)OC(C)(C)C)cc1. The second-order valence-corrected chi connectivity index (χ2v) is 9.81. The van der Waals surface area contributed by atoms with Gasteiger partial charge in [0.25, 0.3) is 0 Å². The van der Waals surface area contributed by atoms with E-state index in [1.807, 2.05) is 51.1 Å². The van der Waals surface area contributed by atoms with Gasteiger partial charge in [0.2, 0.25) is 0 Å². The van der Waals surface area contributed by atoms with Gasteiger partial charge >= 0.3 is 6.16 Å². The van der Waals surface area contributed by atoms with Crippen molar-refractivity contribution in [1.29, 1.82) is 0 Å². The van der Waals surface area contributed by atoms with Crippen molar-refractivity contribution in [3.63, 3.8) is 0 Å². The number of imidazole rings is 1. The molecule has 0 amide bonds. The van der Waals surface area contributed by atoms with Gasteiger partial charge in [-0.05, 0) is 56.5 Å². The van der Waals surface area contributed by atoms with Crippen LogP contribution in [0.3, 0.4) is 0 Å². The zero-order valence-electron chi connectivity index (χ0n) is 21.7. The first-order valence-electron chi connectivity index (χ1n) is 12.4. The summed E-state index contributed by atoms with van der Waals surface area (Å²) in [4.78, 5) is 17.2. The van der Waals surface area contributed by atoms with Crippen LogP contribution in [0, 0.1) is 0 Å². The van der Waals surface area contributed by atoms with Crippen LogP contribution in [0.1, 0.15) is 51.9 Å². The van der Waals surface area contributed by atoms with E-state index in [1.54, 1.807) is 13.2 Å².